The Hall–Kier alpha value is -2.56. The van der Waals surface area contributed by atoms with Crippen LogP contribution in [0, 0.1) is 12.7 Å². The molecule has 5 heteroatoms. The van der Waals surface area contributed by atoms with Gasteiger partial charge in [0.15, 0.2) is 0 Å². The summed E-state index contributed by atoms with van der Waals surface area (Å²) in [5.41, 5.74) is 8.59. The second-order valence-electron chi connectivity index (χ2n) is 4.82. The highest BCUT2D eigenvalue weighted by molar-refractivity contribution is 5.86. The summed E-state index contributed by atoms with van der Waals surface area (Å²) < 4.78 is 21.4. The van der Waals surface area contributed by atoms with Crippen LogP contribution < -0.4 is 10.5 Å². The first-order valence-corrected chi connectivity index (χ1v) is 6.78. The third-order valence-corrected chi connectivity index (χ3v) is 3.32. The Kier molecular flexibility index (Phi) is 3.25. The fourth-order valence-electron chi connectivity index (χ4n) is 2.41. The molecule has 0 aliphatic heterocycles. The van der Waals surface area contributed by atoms with Gasteiger partial charge in [-0.25, -0.2) is 9.37 Å². The lowest BCUT2D eigenvalue weighted by Crippen LogP contribution is -2.03. The summed E-state index contributed by atoms with van der Waals surface area (Å²) in [6, 6.07) is 10.5. The molecule has 0 fully saturated rings. The van der Waals surface area contributed by atoms with Crippen LogP contribution in [0.4, 0.5) is 10.3 Å². The number of imidazole rings is 1. The first-order valence-electron chi connectivity index (χ1n) is 6.78. The molecule has 4 nitrogen and oxygen atoms in total. The molecule has 3 aromatic rings. The maximum Gasteiger partial charge on any atom is 0.206 e. The fraction of sp³-hybridized carbons (Fsp3) is 0.188. The number of para-hydroxylation sites is 1. The van der Waals surface area contributed by atoms with Crippen molar-refractivity contribution in [2.24, 2.45) is 0 Å². The van der Waals surface area contributed by atoms with E-state index in [0.717, 1.165) is 11.1 Å². The summed E-state index contributed by atoms with van der Waals surface area (Å²) in [4.78, 5) is 4.32. The highest BCUT2D eigenvalue weighted by atomic mass is 19.1. The van der Waals surface area contributed by atoms with Crippen LogP contribution in [-0.4, -0.2) is 16.2 Å². The van der Waals surface area contributed by atoms with E-state index < -0.39 is 0 Å². The van der Waals surface area contributed by atoms with Crippen molar-refractivity contribution >= 4 is 17.0 Å². The van der Waals surface area contributed by atoms with Gasteiger partial charge in [0.25, 0.3) is 0 Å². The number of benzene rings is 2. The average Bonchev–Trinajstić information content (AvgIpc) is 2.77. The molecule has 108 valence electrons. The number of halogens is 1. The number of rotatable bonds is 3. The molecule has 0 saturated carbocycles. The van der Waals surface area contributed by atoms with Crippen LogP contribution in [0.15, 0.2) is 36.4 Å². The molecular weight excluding hydrogens is 269 g/mol. The number of nitrogens with two attached hydrogens (primary N) is 1. The lowest BCUT2D eigenvalue weighted by Gasteiger charge is -2.09. The first kappa shape index (κ1) is 13.4. The van der Waals surface area contributed by atoms with E-state index in [1.165, 1.54) is 6.07 Å². The van der Waals surface area contributed by atoms with Crippen molar-refractivity contribution in [1.82, 2.24) is 9.55 Å². The Labute approximate surface area is 122 Å². The van der Waals surface area contributed by atoms with Crippen LogP contribution in [0.1, 0.15) is 12.5 Å². The Balaban J connectivity index is 2.28. The van der Waals surface area contributed by atoms with Crippen LogP contribution in [0.5, 0.6) is 5.75 Å². The SMILES string of the molecule is CCOc1cccc2c1nc(N)n2-c1ccc(C)cc1F. The van der Waals surface area contributed by atoms with Gasteiger partial charge in [-0.05, 0) is 43.7 Å². The minimum atomic E-state index is -0.331. The van der Waals surface area contributed by atoms with E-state index in [-0.39, 0.29) is 11.8 Å². The Morgan fingerprint density at radius 3 is 2.81 bits per heavy atom. The number of aromatic nitrogens is 2. The summed E-state index contributed by atoms with van der Waals surface area (Å²) >= 11 is 0. The van der Waals surface area contributed by atoms with Gasteiger partial charge in [0, 0.05) is 0 Å². The van der Waals surface area contributed by atoms with Gasteiger partial charge >= 0.3 is 0 Å². The van der Waals surface area contributed by atoms with Gasteiger partial charge in [-0.3, -0.25) is 4.57 Å². The van der Waals surface area contributed by atoms with Gasteiger partial charge in [-0.2, -0.15) is 0 Å². The molecular formula is C16H16FN3O. The molecule has 1 aromatic heterocycles. The van der Waals surface area contributed by atoms with E-state index in [2.05, 4.69) is 4.98 Å². The van der Waals surface area contributed by atoms with Gasteiger partial charge in [-0.1, -0.05) is 12.1 Å². The summed E-state index contributed by atoms with van der Waals surface area (Å²) in [5, 5.41) is 0. The maximum atomic E-state index is 14.2. The predicted molar refractivity (Wildman–Crippen MR) is 81.3 cm³/mol. The van der Waals surface area contributed by atoms with Crippen molar-refractivity contribution in [3.05, 3.63) is 47.8 Å². The lowest BCUT2D eigenvalue weighted by atomic mass is 10.2. The van der Waals surface area contributed by atoms with Crippen molar-refractivity contribution < 1.29 is 9.13 Å². The standard InChI is InChI=1S/C16H16FN3O/c1-3-21-14-6-4-5-13-15(14)19-16(18)20(13)12-8-7-10(2)9-11(12)17/h4-9H,3H2,1-2H3,(H2,18,19). The quantitative estimate of drug-likeness (QED) is 0.802. The fourth-order valence-corrected chi connectivity index (χ4v) is 2.41. The van der Waals surface area contributed by atoms with Crippen LogP contribution in [0.2, 0.25) is 0 Å². The lowest BCUT2D eigenvalue weighted by molar-refractivity contribution is 0.344. The van der Waals surface area contributed by atoms with Gasteiger partial charge in [0.2, 0.25) is 5.95 Å². The summed E-state index contributed by atoms with van der Waals surface area (Å²) in [7, 11) is 0. The molecule has 0 radical (unpaired) electrons. The number of ether oxygens (including phenoxy) is 1. The van der Waals surface area contributed by atoms with Crippen LogP contribution in [-0.2, 0) is 0 Å². The van der Waals surface area contributed by atoms with Gasteiger partial charge in [-0.15, -0.1) is 0 Å². The highest BCUT2D eigenvalue weighted by Gasteiger charge is 2.16. The molecule has 0 amide bonds. The van der Waals surface area contributed by atoms with E-state index in [1.807, 2.05) is 38.1 Å². The number of nitrogens with zero attached hydrogens (tertiary/aromatic N) is 2. The molecule has 0 bridgehead atoms. The molecule has 2 N–H and O–H groups in total. The average molecular weight is 285 g/mol. The van der Waals surface area contributed by atoms with Gasteiger partial charge in [0.1, 0.15) is 17.1 Å². The van der Waals surface area contributed by atoms with Crippen LogP contribution in [0.25, 0.3) is 16.7 Å². The molecule has 0 aliphatic rings. The molecule has 0 saturated heterocycles. The summed E-state index contributed by atoms with van der Waals surface area (Å²) in [6.07, 6.45) is 0. The zero-order valence-corrected chi connectivity index (χ0v) is 11.9. The van der Waals surface area contributed by atoms with Gasteiger partial charge in [0.05, 0.1) is 17.8 Å². The zero-order valence-electron chi connectivity index (χ0n) is 11.9. The highest BCUT2D eigenvalue weighted by Crippen LogP contribution is 2.30. The van der Waals surface area contributed by atoms with E-state index in [9.17, 15) is 4.39 Å². The molecule has 0 aliphatic carbocycles. The molecule has 0 unspecified atom stereocenters. The van der Waals surface area contributed by atoms with E-state index >= 15 is 0 Å². The minimum absolute atomic E-state index is 0.236. The first-order chi connectivity index (χ1) is 10.1. The molecule has 0 spiro atoms. The Morgan fingerprint density at radius 2 is 2.10 bits per heavy atom. The Bertz CT molecular complexity index is 811. The molecule has 3 rings (SSSR count). The third kappa shape index (κ3) is 2.20. The number of aryl methyl sites for hydroxylation is 1. The molecule has 0 atom stereocenters. The van der Waals surface area contributed by atoms with Crippen molar-refractivity contribution in [1.29, 1.82) is 0 Å². The normalized spacial score (nSPS) is 11.0. The van der Waals surface area contributed by atoms with Crippen molar-refractivity contribution in [2.45, 2.75) is 13.8 Å². The van der Waals surface area contributed by atoms with Crippen molar-refractivity contribution in [2.75, 3.05) is 12.3 Å². The molecule has 2 aromatic carbocycles. The van der Waals surface area contributed by atoms with Crippen LogP contribution >= 0.6 is 0 Å². The minimum Gasteiger partial charge on any atom is -0.492 e. The molecule has 21 heavy (non-hydrogen) atoms. The monoisotopic (exact) mass is 285 g/mol. The maximum absolute atomic E-state index is 14.2. The molecule has 1 heterocycles. The largest absolute Gasteiger partial charge is 0.492 e. The van der Waals surface area contributed by atoms with Crippen LogP contribution in [0.3, 0.4) is 0 Å². The zero-order chi connectivity index (χ0) is 15.0. The smallest absolute Gasteiger partial charge is 0.206 e. The third-order valence-electron chi connectivity index (χ3n) is 3.32. The van der Waals surface area contributed by atoms with Crippen molar-refractivity contribution in [3.8, 4) is 11.4 Å². The number of fused-ring (bicyclic) bond motifs is 1. The predicted octanol–water partition coefficient (Wildman–Crippen LogP) is 3.45. The summed E-state index contributed by atoms with van der Waals surface area (Å²) in [5.74, 6) is 0.552. The number of hydrogen-bond donors (Lipinski definition) is 1. The van der Waals surface area contributed by atoms with E-state index in [1.54, 1.807) is 10.6 Å². The van der Waals surface area contributed by atoms with Crippen molar-refractivity contribution in [3.63, 3.8) is 0 Å². The summed E-state index contributed by atoms with van der Waals surface area (Å²) in [6.45, 7) is 4.28. The number of nitrogen functional groups attached to an aromatic ring is 1. The number of anilines is 1. The van der Waals surface area contributed by atoms with E-state index in [0.29, 0.717) is 23.6 Å². The second kappa shape index (κ2) is 5.09. The Morgan fingerprint density at radius 1 is 1.29 bits per heavy atom. The number of hydrogen-bond acceptors (Lipinski definition) is 3. The van der Waals surface area contributed by atoms with Gasteiger partial charge < -0.3 is 10.5 Å². The topological polar surface area (TPSA) is 53.1 Å². The second-order valence-corrected chi connectivity index (χ2v) is 4.82. The van der Waals surface area contributed by atoms with E-state index in [4.69, 9.17) is 10.5 Å².